The Morgan fingerprint density at radius 2 is 2.33 bits per heavy atom. The number of nitrogens with one attached hydrogen (secondary N) is 1. The monoisotopic (exact) mass is 200 g/mol. The molecule has 15 heavy (non-hydrogen) atoms. The quantitative estimate of drug-likeness (QED) is 0.763. The molecule has 0 fully saturated rings. The highest BCUT2D eigenvalue weighted by Gasteiger charge is 2.11. The molecule has 74 valence electrons. The highest BCUT2D eigenvalue weighted by atomic mass is 16.3. The predicted molar refractivity (Wildman–Crippen MR) is 54.2 cm³/mol. The third-order valence-electron chi connectivity index (χ3n) is 2.07. The van der Waals surface area contributed by atoms with Gasteiger partial charge in [-0.2, -0.15) is 5.26 Å². The summed E-state index contributed by atoms with van der Waals surface area (Å²) in [5.41, 5.74) is 0.925. The first-order valence-electron chi connectivity index (χ1n) is 4.40. The number of hydrogen-bond acceptors (Lipinski definition) is 3. The van der Waals surface area contributed by atoms with E-state index >= 15 is 0 Å². The van der Waals surface area contributed by atoms with Crippen molar-refractivity contribution in [2.75, 3.05) is 0 Å². The fourth-order valence-corrected chi connectivity index (χ4v) is 1.43. The lowest BCUT2D eigenvalue weighted by Crippen LogP contribution is -2.12. The Morgan fingerprint density at radius 1 is 1.53 bits per heavy atom. The van der Waals surface area contributed by atoms with Gasteiger partial charge in [0, 0.05) is 11.3 Å². The molecule has 4 heteroatoms. The highest BCUT2D eigenvalue weighted by Crippen LogP contribution is 2.21. The minimum absolute atomic E-state index is 0.0792. The van der Waals surface area contributed by atoms with Gasteiger partial charge in [-0.15, -0.1) is 0 Å². The number of furan rings is 1. The first-order valence-corrected chi connectivity index (χ1v) is 4.40. The van der Waals surface area contributed by atoms with Gasteiger partial charge in [0.25, 0.3) is 5.56 Å². The lowest BCUT2D eigenvalue weighted by atomic mass is 10.1. The molecule has 0 aliphatic carbocycles. The smallest absolute Gasteiger partial charge is 0.266 e. The fraction of sp³-hybridized carbons (Fsp3) is 0.0909. The maximum atomic E-state index is 11.5. The number of pyridine rings is 1. The van der Waals surface area contributed by atoms with E-state index in [1.54, 1.807) is 25.1 Å². The van der Waals surface area contributed by atoms with Gasteiger partial charge in [0.15, 0.2) is 0 Å². The van der Waals surface area contributed by atoms with Crippen LogP contribution in [0.2, 0.25) is 0 Å². The number of aryl methyl sites for hydroxylation is 1. The Hall–Kier alpha value is -2.28. The summed E-state index contributed by atoms with van der Waals surface area (Å²) in [4.78, 5) is 14.0. The third kappa shape index (κ3) is 1.55. The molecule has 4 nitrogen and oxygen atoms in total. The zero-order valence-corrected chi connectivity index (χ0v) is 8.07. The molecular weight excluding hydrogens is 192 g/mol. The molecule has 0 aliphatic rings. The molecular formula is C11H8N2O2. The van der Waals surface area contributed by atoms with Gasteiger partial charge in [-0.3, -0.25) is 4.79 Å². The van der Waals surface area contributed by atoms with Crippen LogP contribution in [0.1, 0.15) is 11.3 Å². The SMILES string of the molecule is Cc1cc(-c2ccco2)c(C#N)c(=O)[nH]1. The van der Waals surface area contributed by atoms with Gasteiger partial charge in [-0.05, 0) is 25.1 Å². The Morgan fingerprint density at radius 3 is 2.93 bits per heavy atom. The average Bonchev–Trinajstić information content (AvgIpc) is 2.69. The maximum absolute atomic E-state index is 11.5. The van der Waals surface area contributed by atoms with Crippen LogP contribution < -0.4 is 5.56 Å². The lowest BCUT2D eigenvalue weighted by molar-refractivity contribution is 0.582. The number of hydrogen-bond donors (Lipinski definition) is 1. The summed E-state index contributed by atoms with van der Waals surface area (Å²) >= 11 is 0. The summed E-state index contributed by atoms with van der Waals surface area (Å²) in [6.07, 6.45) is 1.51. The molecule has 0 radical (unpaired) electrons. The van der Waals surface area contributed by atoms with Crippen LogP contribution in [0.15, 0.2) is 33.7 Å². The largest absolute Gasteiger partial charge is 0.464 e. The molecule has 2 heterocycles. The molecule has 0 aromatic carbocycles. The Bertz CT molecular complexity index is 574. The van der Waals surface area contributed by atoms with E-state index in [0.717, 1.165) is 0 Å². The van der Waals surface area contributed by atoms with E-state index in [2.05, 4.69) is 4.98 Å². The molecule has 0 saturated heterocycles. The van der Waals surface area contributed by atoms with Crippen LogP contribution in [0.3, 0.4) is 0 Å². The molecule has 0 amide bonds. The van der Waals surface area contributed by atoms with Crippen molar-refractivity contribution in [3.8, 4) is 17.4 Å². The normalized spacial score (nSPS) is 9.87. The van der Waals surface area contributed by atoms with E-state index in [9.17, 15) is 4.79 Å². The van der Waals surface area contributed by atoms with Crippen molar-refractivity contribution >= 4 is 0 Å². The number of aromatic amines is 1. The van der Waals surface area contributed by atoms with E-state index in [1.165, 1.54) is 6.26 Å². The topological polar surface area (TPSA) is 69.8 Å². The molecule has 0 spiro atoms. The number of H-pyrrole nitrogens is 1. The number of aromatic nitrogens is 1. The van der Waals surface area contributed by atoms with Crippen LogP contribution in [0.4, 0.5) is 0 Å². The molecule has 0 unspecified atom stereocenters. The summed E-state index contributed by atoms with van der Waals surface area (Å²) in [5.74, 6) is 0.528. The van der Waals surface area contributed by atoms with Gasteiger partial charge < -0.3 is 9.40 Å². The molecule has 0 atom stereocenters. The van der Waals surface area contributed by atoms with Crippen molar-refractivity contribution in [3.05, 3.63) is 46.1 Å². The van der Waals surface area contributed by atoms with Crippen LogP contribution in [-0.2, 0) is 0 Å². The molecule has 2 aromatic rings. The summed E-state index contributed by atoms with van der Waals surface area (Å²) < 4.78 is 5.17. The summed E-state index contributed by atoms with van der Waals surface area (Å²) in [5, 5.41) is 8.88. The van der Waals surface area contributed by atoms with E-state index in [4.69, 9.17) is 9.68 Å². The number of nitrogens with zero attached hydrogens (tertiary/aromatic N) is 1. The van der Waals surface area contributed by atoms with Crippen LogP contribution in [0.25, 0.3) is 11.3 Å². The predicted octanol–water partition coefficient (Wildman–Crippen LogP) is 1.81. The third-order valence-corrected chi connectivity index (χ3v) is 2.07. The number of rotatable bonds is 1. The van der Waals surface area contributed by atoms with Crippen molar-refractivity contribution in [3.63, 3.8) is 0 Å². The van der Waals surface area contributed by atoms with Gasteiger partial charge in [-0.1, -0.05) is 0 Å². The van der Waals surface area contributed by atoms with Gasteiger partial charge in [0.1, 0.15) is 17.4 Å². The molecule has 0 saturated carbocycles. The van der Waals surface area contributed by atoms with Crippen molar-refractivity contribution in [1.29, 1.82) is 5.26 Å². The maximum Gasteiger partial charge on any atom is 0.266 e. The summed E-state index contributed by atoms with van der Waals surface area (Å²) in [7, 11) is 0. The second-order valence-corrected chi connectivity index (χ2v) is 3.16. The standard InChI is InChI=1S/C11H8N2O2/c1-7-5-8(10-3-2-4-15-10)9(6-12)11(14)13-7/h2-5H,1H3,(H,13,14). The van der Waals surface area contributed by atoms with Gasteiger partial charge in [-0.25, -0.2) is 0 Å². The summed E-state index contributed by atoms with van der Waals surface area (Å²) in [6.45, 7) is 1.76. The molecule has 0 aliphatic heterocycles. The highest BCUT2D eigenvalue weighted by molar-refractivity contribution is 5.65. The van der Waals surface area contributed by atoms with Gasteiger partial charge in [0.05, 0.1) is 6.26 Å². The first kappa shape index (κ1) is 9.28. The Kier molecular flexibility index (Phi) is 2.14. The van der Waals surface area contributed by atoms with Crippen molar-refractivity contribution in [2.45, 2.75) is 6.92 Å². The average molecular weight is 200 g/mol. The van der Waals surface area contributed by atoms with E-state index in [-0.39, 0.29) is 11.1 Å². The second kappa shape index (κ2) is 3.46. The van der Waals surface area contributed by atoms with Crippen molar-refractivity contribution in [1.82, 2.24) is 4.98 Å². The van der Waals surface area contributed by atoms with Gasteiger partial charge in [0.2, 0.25) is 0 Å². The zero-order chi connectivity index (χ0) is 10.8. The minimum Gasteiger partial charge on any atom is -0.464 e. The summed E-state index contributed by atoms with van der Waals surface area (Å²) in [6, 6.07) is 7.03. The van der Waals surface area contributed by atoms with Crippen LogP contribution in [0, 0.1) is 18.3 Å². The fourth-order valence-electron chi connectivity index (χ4n) is 1.43. The first-order chi connectivity index (χ1) is 7.22. The van der Waals surface area contributed by atoms with Crippen molar-refractivity contribution in [2.24, 2.45) is 0 Å². The van der Waals surface area contributed by atoms with E-state index in [1.807, 2.05) is 6.07 Å². The molecule has 0 bridgehead atoms. The van der Waals surface area contributed by atoms with E-state index < -0.39 is 0 Å². The molecule has 2 aromatic heterocycles. The Labute approximate surface area is 85.8 Å². The van der Waals surface area contributed by atoms with Crippen molar-refractivity contribution < 1.29 is 4.42 Å². The molecule has 2 rings (SSSR count). The second-order valence-electron chi connectivity index (χ2n) is 3.16. The number of nitriles is 1. The molecule has 1 N–H and O–H groups in total. The van der Waals surface area contributed by atoms with Crippen LogP contribution >= 0.6 is 0 Å². The lowest BCUT2D eigenvalue weighted by Gasteiger charge is -2.00. The van der Waals surface area contributed by atoms with Gasteiger partial charge >= 0.3 is 0 Å². The van der Waals surface area contributed by atoms with Crippen LogP contribution in [0.5, 0.6) is 0 Å². The Balaban J connectivity index is 2.77. The van der Waals surface area contributed by atoms with E-state index in [0.29, 0.717) is 17.0 Å². The van der Waals surface area contributed by atoms with Crippen LogP contribution in [-0.4, -0.2) is 4.98 Å². The zero-order valence-electron chi connectivity index (χ0n) is 8.07. The minimum atomic E-state index is -0.385.